The van der Waals surface area contributed by atoms with E-state index in [1.54, 1.807) is 12.1 Å². The summed E-state index contributed by atoms with van der Waals surface area (Å²) in [5.41, 5.74) is 0.652. The van der Waals surface area contributed by atoms with Crippen LogP contribution in [0.15, 0.2) is 54.6 Å². The van der Waals surface area contributed by atoms with Gasteiger partial charge in [0.2, 0.25) is 0 Å². The Kier molecular flexibility index (Phi) is 3.85. The van der Waals surface area contributed by atoms with Crippen LogP contribution in [0.3, 0.4) is 0 Å². The molecule has 2 atom stereocenters. The molecule has 2 unspecified atom stereocenters. The molecule has 3 amide bonds. The normalized spacial score (nSPS) is 21.7. The molecule has 1 saturated heterocycles. The standard InChI is InChI=1S/C17H16N2O4/c20-10-17(15(22)18-16(23)19-17)14(21)13-8-6-12(7-9-13)11-4-2-1-3-5-11/h1-9,14,20-21H,10H2,(H2,18,19,22,23). The van der Waals surface area contributed by atoms with Gasteiger partial charge in [0, 0.05) is 0 Å². The maximum absolute atomic E-state index is 11.9. The van der Waals surface area contributed by atoms with Crippen molar-refractivity contribution in [3.05, 3.63) is 60.2 Å². The van der Waals surface area contributed by atoms with Gasteiger partial charge in [-0.3, -0.25) is 10.1 Å². The van der Waals surface area contributed by atoms with Gasteiger partial charge in [-0.05, 0) is 16.7 Å². The number of imide groups is 1. The Labute approximate surface area is 132 Å². The number of carbonyl (C=O) groups is 2. The van der Waals surface area contributed by atoms with Crippen molar-refractivity contribution in [3.63, 3.8) is 0 Å². The molecule has 1 aliphatic heterocycles. The van der Waals surface area contributed by atoms with Crippen LogP contribution < -0.4 is 10.6 Å². The summed E-state index contributed by atoms with van der Waals surface area (Å²) in [4.78, 5) is 23.3. The summed E-state index contributed by atoms with van der Waals surface area (Å²) in [6.45, 7) is -0.702. The highest BCUT2D eigenvalue weighted by Gasteiger charge is 2.52. The number of urea groups is 1. The van der Waals surface area contributed by atoms with Gasteiger partial charge in [-0.1, -0.05) is 54.6 Å². The molecule has 0 aromatic heterocycles. The molecular weight excluding hydrogens is 296 g/mol. The van der Waals surface area contributed by atoms with Crippen molar-refractivity contribution < 1.29 is 19.8 Å². The van der Waals surface area contributed by atoms with Crippen LogP contribution in [0.5, 0.6) is 0 Å². The lowest BCUT2D eigenvalue weighted by molar-refractivity contribution is -0.130. The molecule has 3 rings (SSSR count). The summed E-state index contributed by atoms with van der Waals surface area (Å²) in [6.07, 6.45) is -1.36. The molecule has 0 saturated carbocycles. The fourth-order valence-corrected chi connectivity index (χ4v) is 2.67. The van der Waals surface area contributed by atoms with Gasteiger partial charge in [0.25, 0.3) is 5.91 Å². The number of aliphatic hydroxyl groups excluding tert-OH is 2. The van der Waals surface area contributed by atoms with Crippen molar-refractivity contribution in [2.24, 2.45) is 0 Å². The fraction of sp³-hybridized carbons (Fsp3) is 0.176. The Hall–Kier alpha value is -2.70. The van der Waals surface area contributed by atoms with Crippen LogP contribution in [0.25, 0.3) is 11.1 Å². The zero-order chi connectivity index (χ0) is 16.4. The van der Waals surface area contributed by atoms with Gasteiger partial charge in [0.1, 0.15) is 6.10 Å². The lowest BCUT2D eigenvalue weighted by atomic mass is 9.87. The monoisotopic (exact) mass is 312 g/mol. The Bertz CT molecular complexity index is 730. The highest BCUT2D eigenvalue weighted by Crippen LogP contribution is 2.30. The molecule has 0 bridgehead atoms. The SMILES string of the molecule is O=C1NC(=O)C(CO)(C(O)c2ccc(-c3ccccc3)cc2)N1. The topological polar surface area (TPSA) is 98.7 Å². The van der Waals surface area contributed by atoms with Crippen LogP contribution in [-0.4, -0.2) is 34.3 Å². The minimum Gasteiger partial charge on any atom is -0.393 e. The number of aliphatic hydroxyl groups is 2. The Morgan fingerprint density at radius 3 is 2.09 bits per heavy atom. The molecule has 118 valence electrons. The number of nitrogens with one attached hydrogen (secondary N) is 2. The second kappa shape index (κ2) is 5.83. The van der Waals surface area contributed by atoms with Crippen LogP contribution in [0.4, 0.5) is 4.79 Å². The molecule has 6 nitrogen and oxygen atoms in total. The van der Waals surface area contributed by atoms with E-state index < -0.39 is 30.2 Å². The summed E-state index contributed by atoms with van der Waals surface area (Å²) in [5, 5.41) is 24.4. The first kappa shape index (κ1) is 15.2. The van der Waals surface area contributed by atoms with Crippen LogP contribution in [0.1, 0.15) is 11.7 Å². The number of amides is 3. The van der Waals surface area contributed by atoms with Gasteiger partial charge in [-0.25, -0.2) is 4.79 Å². The second-order valence-corrected chi connectivity index (χ2v) is 5.43. The van der Waals surface area contributed by atoms with Gasteiger partial charge in [0.05, 0.1) is 6.61 Å². The average molecular weight is 312 g/mol. The zero-order valence-electron chi connectivity index (χ0n) is 12.2. The lowest BCUT2D eigenvalue weighted by Crippen LogP contribution is -2.55. The minimum absolute atomic E-state index is 0.427. The summed E-state index contributed by atoms with van der Waals surface area (Å²) in [7, 11) is 0. The first-order valence-corrected chi connectivity index (χ1v) is 7.15. The molecule has 6 heteroatoms. The molecular formula is C17H16N2O4. The first-order valence-electron chi connectivity index (χ1n) is 7.15. The molecule has 0 spiro atoms. The third-order valence-electron chi connectivity index (χ3n) is 4.02. The molecule has 1 heterocycles. The van der Waals surface area contributed by atoms with Crippen molar-refractivity contribution in [2.45, 2.75) is 11.6 Å². The zero-order valence-corrected chi connectivity index (χ0v) is 12.2. The van der Waals surface area contributed by atoms with E-state index in [0.29, 0.717) is 5.56 Å². The van der Waals surface area contributed by atoms with Gasteiger partial charge in [0.15, 0.2) is 5.54 Å². The van der Waals surface area contributed by atoms with Crippen molar-refractivity contribution in [1.82, 2.24) is 10.6 Å². The Morgan fingerprint density at radius 1 is 0.957 bits per heavy atom. The molecule has 0 radical (unpaired) electrons. The van der Waals surface area contributed by atoms with Crippen LogP contribution in [0, 0.1) is 0 Å². The lowest BCUT2D eigenvalue weighted by Gasteiger charge is -2.29. The first-order chi connectivity index (χ1) is 11.1. The smallest absolute Gasteiger partial charge is 0.322 e. The number of hydrogen-bond donors (Lipinski definition) is 4. The van der Waals surface area contributed by atoms with Crippen LogP contribution in [-0.2, 0) is 4.79 Å². The van der Waals surface area contributed by atoms with Gasteiger partial charge in [-0.2, -0.15) is 0 Å². The van der Waals surface area contributed by atoms with E-state index in [-0.39, 0.29) is 0 Å². The maximum Gasteiger partial charge on any atom is 0.322 e. The maximum atomic E-state index is 11.9. The van der Waals surface area contributed by atoms with E-state index in [2.05, 4.69) is 5.32 Å². The predicted molar refractivity (Wildman–Crippen MR) is 83.3 cm³/mol. The highest BCUT2D eigenvalue weighted by atomic mass is 16.3. The van der Waals surface area contributed by atoms with Crippen molar-refractivity contribution in [1.29, 1.82) is 0 Å². The van der Waals surface area contributed by atoms with E-state index in [1.165, 1.54) is 0 Å². The molecule has 23 heavy (non-hydrogen) atoms. The summed E-state index contributed by atoms with van der Waals surface area (Å²) in [6, 6.07) is 15.9. The minimum atomic E-state index is -1.76. The van der Waals surface area contributed by atoms with E-state index >= 15 is 0 Å². The van der Waals surface area contributed by atoms with Crippen molar-refractivity contribution >= 4 is 11.9 Å². The van der Waals surface area contributed by atoms with Crippen LogP contribution in [0.2, 0.25) is 0 Å². The van der Waals surface area contributed by atoms with Crippen molar-refractivity contribution in [2.75, 3.05) is 6.61 Å². The molecule has 2 aromatic rings. The van der Waals surface area contributed by atoms with Crippen LogP contribution >= 0.6 is 0 Å². The number of carbonyl (C=O) groups excluding carboxylic acids is 2. The van der Waals surface area contributed by atoms with E-state index in [4.69, 9.17) is 0 Å². The fourth-order valence-electron chi connectivity index (χ4n) is 2.67. The summed E-state index contributed by atoms with van der Waals surface area (Å²) in [5.74, 6) is -0.746. The average Bonchev–Trinajstić information content (AvgIpc) is 2.89. The van der Waals surface area contributed by atoms with Crippen molar-refractivity contribution in [3.8, 4) is 11.1 Å². The molecule has 4 N–H and O–H groups in total. The summed E-state index contributed by atoms with van der Waals surface area (Å²) >= 11 is 0. The van der Waals surface area contributed by atoms with E-state index in [1.807, 2.05) is 47.8 Å². The molecule has 1 aliphatic rings. The van der Waals surface area contributed by atoms with E-state index in [0.717, 1.165) is 11.1 Å². The highest BCUT2D eigenvalue weighted by molar-refractivity contribution is 6.07. The quantitative estimate of drug-likeness (QED) is 0.632. The van der Waals surface area contributed by atoms with E-state index in [9.17, 15) is 19.8 Å². The number of hydrogen-bond acceptors (Lipinski definition) is 4. The third kappa shape index (κ3) is 2.58. The van der Waals surface area contributed by atoms with Gasteiger partial charge in [-0.15, -0.1) is 0 Å². The van der Waals surface area contributed by atoms with Gasteiger partial charge >= 0.3 is 6.03 Å². The largest absolute Gasteiger partial charge is 0.393 e. The molecule has 0 aliphatic carbocycles. The molecule has 1 fully saturated rings. The number of benzene rings is 2. The Balaban J connectivity index is 1.90. The molecule has 2 aromatic carbocycles. The summed E-state index contributed by atoms with van der Waals surface area (Å²) < 4.78 is 0. The Morgan fingerprint density at radius 2 is 1.57 bits per heavy atom. The second-order valence-electron chi connectivity index (χ2n) is 5.43. The van der Waals surface area contributed by atoms with Gasteiger partial charge < -0.3 is 15.5 Å². The predicted octanol–water partition coefficient (Wildman–Crippen LogP) is 0.958. The third-order valence-corrected chi connectivity index (χ3v) is 4.02. The number of rotatable bonds is 4.